The number of alkyl halides is 5. The average Bonchev–Trinajstić information content (AvgIpc) is 3.53. The fourth-order valence-corrected chi connectivity index (χ4v) is 4.79. The lowest BCUT2D eigenvalue weighted by molar-refractivity contribution is -0.286. The van der Waals surface area contributed by atoms with E-state index in [1.165, 1.54) is 61.8 Å². The SMILES string of the molecule is CN(C(=O)c1cccc(-n2nc(C(F)(F)F)c3c2C(Oc2cncc(C(=O)O)c2)COC3)c1)c1ccc2c(c1)OC(F)(F)O2. The van der Waals surface area contributed by atoms with Gasteiger partial charge in [-0.25, -0.2) is 9.48 Å². The lowest BCUT2D eigenvalue weighted by Gasteiger charge is -2.26. The zero-order valence-electron chi connectivity index (χ0n) is 22.3. The maximum atomic E-state index is 14.1. The van der Waals surface area contributed by atoms with Crippen molar-refractivity contribution in [3.05, 3.63) is 89.0 Å². The molecule has 11 nitrogen and oxygen atoms in total. The summed E-state index contributed by atoms with van der Waals surface area (Å²) in [5.74, 6) is -2.42. The predicted octanol–water partition coefficient (Wildman–Crippen LogP) is 5.23. The topological polar surface area (TPSA) is 125 Å². The van der Waals surface area contributed by atoms with Crippen LogP contribution in [-0.2, 0) is 17.5 Å². The molecule has 0 bridgehead atoms. The number of halogens is 5. The number of fused-ring (bicyclic) bond motifs is 2. The molecule has 0 aliphatic carbocycles. The third-order valence-electron chi connectivity index (χ3n) is 6.77. The first-order valence-electron chi connectivity index (χ1n) is 12.7. The second-order valence-electron chi connectivity index (χ2n) is 9.67. The second-order valence-corrected chi connectivity index (χ2v) is 9.67. The number of benzene rings is 2. The number of nitrogens with zero attached hydrogens (tertiary/aromatic N) is 4. The molecule has 228 valence electrons. The van der Waals surface area contributed by atoms with E-state index >= 15 is 0 Å². The molecule has 6 rings (SSSR count). The molecule has 0 radical (unpaired) electrons. The van der Waals surface area contributed by atoms with Gasteiger partial charge in [0.25, 0.3) is 5.91 Å². The van der Waals surface area contributed by atoms with Crippen molar-refractivity contribution in [2.45, 2.75) is 25.2 Å². The molecule has 2 aliphatic heterocycles. The highest BCUT2D eigenvalue weighted by molar-refractivity contribution is 6.06. The Morgan fingerprint density at radius 1 is 1.07 bits per heavy atom. The Balaban J connectivity index is 1.36. The number of carbonyl (C=O) groups excluding carboxylic acids is 1. The van der Waals surface area contributed by atoms with E-state index in [1.807, 2.05) is 0 Å². The highest BCUT2D eigenvalue weighted by Crippen LogP contribution is 2.43. The first kappa shape index (κ1) is 28.9. The van der Waals surface area contributed by atoms with Crippen LogP contribution in [0.1, 0.15) is 43.8 Å². The van der Waals surface area contributed by atoms with Gasteiger partial charge in [-0.15, -0.1) is 8.78 Å². The molecule has 44 heavy (non-hydrogen) atoms. The molecule has 4 aromatic rings. The summed E-state index contributed by atoms with van der Waals surface area (Å²) in [6, 6.07) is 10.5. The van der Waals surface area contributed by atoms with Crippen LogP contribution >= 0.6 is 0 Å². The minimum absolute atomic E-state index is 0.0149. The van der Waals surface area contributed by atoms with E-state index in [4.69, 9.17) is 9.47 Å². The molecule has 4 heterocycles. The van der Waals surface area contributed by atoms with E-state index in [1.54, 1.807) is 0 Å². The summed E-state index contributed by atoms with van der Waals surface area (Å²) < 4.78 is 90.2. The van der Waals surface area contributed by atoms with Crippen molar-refractivity contribution in [2.24, 2.45) is 0 Å². The number of aromatic carboxylic acids is 1. The summed E-state index contributed by atoms with van der Waals surface area (Å²) in [5, 5.41) is 13.1. The van der Waals surface area contributed by atoms with Crippen LogP contribution in [-0.4, -0.2) is 51.7 Å². The van der Waals surface area contributed by atoms with E-state index in [9.17, 15) is 36.6 Å². The summed E-state index contributed by atoms with van der Waals surface area (Å²) in [6.45, 7) is -0.625. The molecular weight excluding hydrogens is 599 g/mol. The fraction of sp³-hybridized carbons (Fsp3) is 0.214. The van der Waals surface area contributed by atoms with Gasteiger partial charge in [0.15, 0.2) is 23.3 Å². The molecule has 0 saturated carbocycles. The van der Waals surface area contributed by atoms with Gasteiger partial charge >= 0.3 is 18.4 Å². The third-order valence-corrected chi connectivity index (χ3v) is 6.77. The van der Waals surface area contributed by atoms with Crippen LogP contribution in [0.15, 0.2) is 60.9 Å². The van der Waals surface area contributed by atoms with Crippen molar-refractivity contribution in [1.82, 2.24) is 14.8 Å². The summed E-state index contributed by atoms with van der Waals surface area (Å²) in [4.78, 5) is 29.7. The molecule has 16 heteroatoms. The Labute approximate surface area is 243 Å². The molecule has 1 unspecified atom stereocenters. The maximum Gasteiger partial charge on any atom is 0.586 e. The molecule has 1 atom stereocenters. The number of hydrogen-bond donors (Lipinski definition) is 1. The van der Waals surface area contributed by atoms with Crippen LogP contribution in [0.4, 0.5) is 27.6 Å². The van der Waals surface area contributed by atoms with Gasteiger partial charge in [-0.05, 0) is 36.4 Å². The van der Waals surface area contributed by atoms with E-state index in [2.05, 4.69) is 19.6 Å². The van der Waals surface area contributed by atoms with Gasteiger partial charge in [-0.3, -0.25) is 9.78 Å². The molecular formula is C28H19F5N4O7. The van der Waals surface area contributed by atoms with Gasteiger partial charge in [-0.1, -0.05) is 6.07 Å². The van der Waals surface area contributed by atoms with Gasteiger partial charge in [0, 0.05) is 36.1 Å². The summed E-state index contributed by atoms with van der Waals surface area (Å²) in [5.41, 5.74) is -1.43. The Morgan fingerprint density at radius 2 is 1.84 bits per heavy atom. The predicted molar refractivity (Wildman–Crippen MR) is 138 cm³/mol. The number of rotatable bonds is 6. The second kappa shape index (κ2) is 10.5. The zero-order chi connectivity index (χ0) is 31.4. The number of hydrogen-bond acceptors (Lipinski definition) is 8. The molecule has 0 fully saturated rings. The van der Waals surface area contributed by atoms with Crippen molar-refractivity contribution >= 4 is 17.6 Å². The Bertz CT molecular complexity index is 1790. The maximum absolute atomic E-state index is 14.1. The van der Waals surface area contributed by atoms with Crippen LogP contribution in [0.3, 0.4) is 0 Å². The molecule has 1 N–H and O–H groups in total. The van der Waals surface area contributed by atoms with Gasteiger partial charge in [-0.2, -0.15) is 18.3 Å². The van der Waals surface area contributed by atoms with Crippen molar-refractivity contribution in [2.75, 3.05) is 18.6 Å². The molecule has 2 aromatic carbocycles. The monoisotopic (exact) mass is 618 g/mol. The first-order valence-corrected chi connectivity index (χ1v) is 12.7. The molecule has 0 saturated heterocycles. The van der Waals surface area contributed by atoms with Gasteiger partial charge in [0.05, 0.1) is 36.4 Å². The highest BCUT2D eigenvalue weighted by Gasteiger charge is 2.44. The van der Waals surface area contributed by atoms with Gasteiger partial charge in [0.1, 0.15) is 5.75 Å². The number of amides is 1. The quantitative estimate of drug-likeness (QED) is 0.289. The standard InChI is InChI=1S/C28H19F5N4O7/c1-36(16-5-6-20-21(9-16)44-28(32,33)43-20)25(38)14-3-2-4-17(7-14)37-23-19(24(35-37)27(29,30)31)12-41-13-22(23)42-18-8-15(26(39)40)10-34-11-18/h2-11,22H,12-13H2,1H3,(H,39,40). The lowest BCUT2D eigenvalue weighted by Crippen LogP contribution is -2.27. The molecule has 1 amide bonds. The number of carboxylic acid groups (broad SMARTS) is 1. The molecule has 0 spiro atoms. The number of ether oxygens (including phenoxy) is 4. The molecule has 2 aliphatic rings. The first-order chi connectivity index (χ1) is 20.8. The smallest absolute Gasteiger partial charge is 0.480 e. The van der Waals surface area contributed by atoms with Gasteiger partial charge in [0.2, 0.25) is 0 Å². The van der Waals surface area contributed by atoms with E-state index < -0.39 is 42.8 Å². The van der Waals surface area contributed by atoms with Crippen molar-refractivity contribution in [1.29, 1.82) is 0 Å². The number of pyridine rings is 1. The van der Waals surface area contributed by atoms with E-state index in [0.717, 1.165) is 15.8 Å². The minimum Gasteiger partial charge on any atom is -0.480 e. The largest absolute Gasteiger partial charge is 0.586 e. The third kappa shape index (κ3) is 5.34. The number of anilines is 1. The van der Waals surface area contributed by atoms with Crippen LogP contribution in [0, 0.1) is 0 Å². The Morgan fingerprint density at radius 3 is 2.59 bits per heavy atom. The number of aromatic nitrogens is 3. The van der Waals surface area contributed by atoms with Crippen LogP contribution in [0.5, 0.6) is 17.2 Å². The average molecular weight is 618 g/mol. The minimum atomic E-state index is -4.87. The van der Waals surface area contributed by atoms with Crippen LogP contribution < -0.4 is 19.1 Å². The van der Waals surface area contributed by atoms with E-state index in [-0.39, 0.29) is 57.6 Å². The number of carbonyl (C=O) groups is 2. The van der Waals surface area contributed by atoms with Gasteiger partial charge < -0.3 is 29.0 Å². The van der Waals surface area contributed by atoms with Crippen LogP contribution in [0.25, 0.3) is 5.69 Å². The summed E-state index contributed by atoms with van der Waals surface area (Å²) in [7, 11) is 1.38. The Hall–Kier alpha value is -5.25. The lowest BCUT2D eigenvalue weighted by atomic mass is 10.1. The van der Waals surface area contributed by atoms with Crippen molar-refractivity contribution in [3.63, 3.8) is 0 Å². The van der Waals surface area contributed by atoms with Crippen molar-refractivity contribution < 1.29 is 55.6 Å². The Kier molecular flexibility index (Phi) is 6.87. The summed E-state index contributed by atoms with van der Waals surface area (Å²) >= 11 is 0. The molecule has 2 aromatic heterocycles. The number of carboxylic acids is 1. The zero-order valence-corrected chi connectivity index (χ0v) is 22.3. The van der Waals surface area contributed by atoms with Crippen LogP contribution in [0.2, 0.25) is 0 Å². The fourth-order valence-electron chi connectivity index (χ4n) is 4.79. The normalized spacial score (nSPS) is 16.7. The van der Waals surface area contributed by atoms with Crippen molar-refractivity contribution in [3.8, 4) is 22.9 Å². The highest BCUT2D eigenvalue weighted by atomic mass is 19.4. The summed E-state index contributed by atoms with van der Waals surface area (Å²) in [6.07, 6.45) is -7.59. The van der Waals surface area contributed by atoms with E-state index in [0.29, 0.717) is 0 Å².